The summed E-state index contributed by atoms with van der Waals surface area (Å²) in [6.07, 6.45) is 3.76. The number of ether oxygens (including phenoxy) is 2. The van der Waals surface area contributed by atoms with Crippen molar-refractivity contribution in [1.82, 2.24) is 9.47 Å². The summed E-state index contributed by atoms with van der Waals surface area (Å²) in [5.74, 6) is 0.973. The number of thioether (sulfide) groups is 1. The summed E-state index contributed by atoms with van der Waals surface area (Å²) in [7, 11) is 0. The van der Waals surface area contributed by atoms with Crippen LogP contribution in [0.25, 0.3) is 17.0 Å². The van der Waals surface area contributed by atoms with Crippen molar-refractivity contribution in [3.05, 3.63) is 95.0 Å². The largest absolute Gasteiger partial charge is 0.454 e. The van der Waals surface area contributed by atoms with Crippen LogP contribution in [-0.4, -0.2) is 32.4 Å². The number of carbonyl (C=O) groups excluding carboxylic acids is 2. The molecule has 4 aromatic rings. The van der Waals surface area contributed by atoms with Gasteiger partial charge in [0.2, 0.25) is 12.7 Å². The van der Waals surface area contributed by atoms with Gasteiger partial charge in [0.05, 0.1) is 11.4 Å². The number of benzene rings is 3. The van der Waals surface area contributed by atoms with E-state index in [0.29, 0.717) is 33.0 Å². The summed E-state index contributed by atoms with van der Waals surface area (Å²) >= 11 is 6.81. The molecule has 7 nitrogen and oxygen atoms in total. The van der Waals surface area contributed by atoms with Crippen molar-refractivity contribution in [3.63, 3.8) is 0 Å². The number of anilines is 1. The maximum absolute atomic E-state index is 13.2. The van der Waals surface area contributed by atoms with Crippen LogP contribution >= 0.6 is 24.0 Å². The van der Waals surface area contributed by atoms with Gasteiger partial charge in [-0.05, 0) is 29.8 Å². The lowest BCUT2D eigenvalue weighted by molar-refractivity contribution is -0.122. The molecule has 2 amide bonds. The average molecular weight is 528 g/mol. The number of para-hydroxylation sites is 1. The number of fused-ring (bicyclic) bond motifs is 2. The van der Waals surface area contributed by atoms with Crippen molar-refractivity contribution < 1.29 is 19.1 Å². The molecule has 1 aromatic heterocycles. The lowest BCUT2D eigenvalue weighted by atomic mass is 10.1. The van der Waals surface area contributed by atoms with Crippen LogP contribution in [0, 0.1) is 0 Å². The zero-order chi connectivity index (χ0) is 25.4. The standard InChI is InChI=1S/C28H21N3O4S2/c32-26(29-20-10-11-23-24(13-20)35-17-34-23)16-30-15-19(21-8-4-5-9-22(21)30)12-25-27(33)31(28(36)37-25)14-18-6-2-1-3-7-18/h1-13,15H,14,16-17H2,(H,29,32)/b25-12+. The van der Waals surface area contributed by atoms with Crippen molar-refractivity contribution in [2.45, 2.75) is 13.1 Å². The van der Waals surface area contributed by atoms with Gasteiger partial charge in [-0.3, -0.25) is 14.5 Å². The highest BCUT2D eigenvalue weighted by molar-refractivity contribution is 8.26. The van der Waals surface area contributed by atoms with Crippen molar-refractivity contribution in [1.29, 1.82) is 0 Å². The average Bonchev–Trinajstić information content (AvgIpc) is 3.58. The number of amides is 2. The second-order valence-corrected chi connectivity index (χ2v) is 10.3. The third-order valence-electron chi connectivity index (χ3n) is 6.13. The van der Waals surface area contributed by atoms with E-state index in [9.17, 15) is 9.59 Å². The number of nitrogens with one attached hydrogen (secondary N) is 1. The number of rotatable bonds is 6. The zero-order valence-electron chi connectivity index (χ0n) is 19.5. The molecule has 0 aliphatic carbocycles. The van der Waals surface area contributed by atoms with E-state index in [1.807, 2.05) is 71.4 Å². The predicted molar refractivity (Wildman–Crippen MR) is 148 cm³/mol. The van der Waals surface area contributed by atoms with Crippen molar-refractivity contribution >= 4 is 62.8 Å². The maximum Gasteiger partial charge on any atom is 0.266 e. The number of nitrogens with zero attached hydrogens (tertiary/aromatic N) is 2. The Bertz CT molecular complexity index is 1580. The van der Waals surface area contributed by atoms with E-state index < -0.39 is 0 Å². The molecule has 9 heteroatoms. The van der Waals surface area contributed by atoms with E-state index in [0.717, 1.165) is 22.0 Å². The van der Waals surface area contributed by atoms with Crippen molar-refractivity contribution in [3.8, 4) is 11.5 Å². The number of carbonyl (C=O) groups is 2. The minimum absolute atomic E-state index is 0.109. The highest BCUT2D eigenvalue weighted by Gasteiger charge is 2.32. The van der Waals surface area contributed by atoms with Gasteiger partial charge in [-0.15, -0.1) is 0 Å². The Morgan fingerprint density at radius 3 is 2.68 bits per heavy atom. The maximum atomic E-state index is 13.2. The van der Waals surface area contributed by atoms with Gasteiger partial charge < -0.3 is 19.4 Å². The molecule has 3 aromatic carbocycles. The molecule has 0 bridgehead atoms. The van der Waals surface area contributed by atoms with Crippen LogP contribution in [-0.2, 0) is 22.7 Å². The summed E-state index contributed by atoms with van der Waals surface area (Å²) in [5, 5.41) is 3.87. The third-order valence-corrected chi connectivity index (χ3v) is 7.51. The normalized spacial score (nSPS) is 15.7. The molecule has 3 heterocycles. The first-order chi connectivity index (χ1) is 18.0. The molecule has 184 valence electrons. The Morgan fingerprint density at radius 2 is 1.81 bits per heavy atom. The van der Waals surface area contributed by atoms with Crippen LogP contribution in [0.15, 0.2) is 83.9 Å². The molecule has 0 atom stereocenters. The van der Waals surface area contributed by atoms with Crippen molar-refractivity contribution in [2.75, 3.05) is 12.1 Å². The fourth-order valence-electron chi connectivity index (χ4n) is 4.39. The van der Waals surface area contributed by atoms with Crippen LogP contribution in [0.5, 0.6) is 11.5 Å². The Balaban J connectivity index is 1.23. The molecule has 0 unspecified atom stereocenters. The molecule has 0 radical (unpaired) electrons. The first-order valence-electron chi connectivity index (χ1n) is 11.6. The lowest BCUT2D eigenvalue weighted by Gasteiger charge is -2.14. The monoisotopic (exact) mass is 527 g/mol. The molecule has 37 heavy (non-hydrogen) atoms. The van der Waals surface area contributed by atoms with Gasteiger partial charge in [-0.1, -0.05) is 72.5 Å². The molecule has 6 rings (SSSR count). The highest BCUT2D eigenvalue weighted by Crippen LogP contribution is 2.36. The number of aromatic nitrogens is 1. The minimum atomic E-state index is -0.180. The Morgan fingerprint density at radius 1 is 1.03 bits per heavy atom. The molecular formula is C28H21N3O4S2. The summed E-state index contributed by atoms with van der Waals surface area (Å²) in [5.41, 5.74) is 3.40. The summed E-state index contributed by atoms with van der Waals surface area (Å²) in [6, 6.07) is 22.9. The van der Waals surface area contributed by atoms with E-state index in [1.54, 1.807) is 23.1 Å². The van der Waals surface area contributed by atoms with Gasteiger partial charge >= 0.3 is 0 Å². The van der Waals surface area contributed by atoms with Crippen LogP contribution in [0.4, 0.5) is 5.69 Å². The van der Waals surface area contributed by atoms with Gasteiger partial charge in [-0.25, -0.2) is 0 Å². The first kappa shape index (κ1) is 23.3. The molecule has 2 aliphatic heterocycles. The van der Waals surface area contributed by atoms with E-state index in [4.69, 9.17) is 21.7 Å². The first-order valence-corrected chi connectivity index (χ1v) is 12.8. The van der Waals surface area contributed by atoms with Gasteiger partial charge in [0, 0.05) is 34.4 Å². The van der Waals surface area contributed by atoms with E-state index in [-0.39, 0.29) is 25.2 Å². The second kappa shape index (κ2) is 9.76. The van der Waals surface area contributed by atoms with E-state index in [1.165, 1.54) is 11.8 Å². The summed E-state index contributed by atoms with van der Waals surface area (Å²) in [6.45, 7) is 0.721. The van der Waals surface area contributed by atoms with Crippen molar-refractivity contribution in [2.24, 2.45) is 0 Å². The Labute approximate surface area is 222 Å². The Hall–Kier alpha value is -4.08. The predicted octanol–water partition coefficient (Wildman–Crippen LogP) is 5.41. The minimum Gasteiger partial charge on any atom is -0.454 e. The smallest absolute Gasteiger partial charge is 0.266 e. The molecular weight excluding hydrogens is 506 g/mol. The Kier molecular flexibility index (Phi) is 6.15. The zero-order valence-corrected chi connectivity index (χ0v) is 21.2. The topological polar surface area (TPSA) is 72.8 Å². The molecule has 1 N–H and O–H groups in total. The SMILES string of the molecule is O=C(Cn1cc(/C=C2/SC(=S)N(Cc3ccccc3)C2=O)c2ccccc21)Nc1ccc2c(c1)OCO2. The molecule has 0 spiro atoms. The number of hydrogen-bond donors (Lipinski definition) is 1. The molecule has 1 fully saturated rings. The molecule has 1 saturated heterocycles. The fourth-order valence-corrected chi connectivity index (χ4v) is 5.64. The fraction of sp³-hybridized carbons (Fsp3) is 0.107. The van der Waals surface area contributed by atoms with Gasteiger partial charge in [0.15, 0.2) is 11.5 Å². The number of thiocarbonyl (C=S) groups is 1. The summed E-state index contributed by atoms with van der Waals surface area (Å²) < 4.78 is 13.1. The van der Waals surface area contributed by atoms with Crippen LogP contribution in [0.2, 0.25) is 0 Å². The molecule has 2 aliphatic rings. The molecule has 0 saturated carbocycles. The van der Waals surface area contributed by atoms with Gasteiger partial charge in [-0.2, -0.15) is 0 Å². The third kappa shape index (κ3) is 4.71. The quantitative estimate of drug-likeness (QED) is 0.267. The van der Waals surface area contributed by atoms with Crippen LogP contribution in [0.1, 0.15) is 11.1 Å². The lowest BCUT2D eigenvalue weighted by Crippen LogP contribution is -2.27. The van der Waals surface area contributed by atoms with Gasteiger partial charge in [0.25, 0.3) is 5.91 Å². The van der Waals surface area contributed by atoms with Crippen LogP contribution < -0.4 is 14.8 Å². The second-order valence-electron chi connectivity index (χ2n) is 8.60. The van der Waals surface area contributed by atoms with Crippen LogP contribution in [0.3, 0.4) is 0 Å². The van der Waals surface area contributed by atoms with E-state index in [2.05, 4.69) is 5.32 Å². The van der Waals surface area contributed by atoms with Gasteiger partial charge in [0.1, 0.15) is 10.9 Å². The van der Waals surface area contributed by atoms with E-state index >= 15 is 0 Å². The number of hydrogen-bond acceptors (Lipinski definition) is 6. The summed E-state index contributed by atoms with van der Waals surface area (Å²) in [4.78, 5) is 28.3. The highest BCUT2D eigenvalue weighted by atomic mass is 32.2.